The van der Waals surface area contributed by atoms with Crippen LogP contribution in [-0.4, -0.2) is 41.5 Å². The maximum absolute atomic E-state index is 13.5. The molecule has 1 aromatic carbocycles. The van der Waals surface area contributed by atoms with E-state index in [4.69, 9.17) is 0 Å². The van der Waals surface area contributed by atoms with Gasteiger partial charge in [-0.3, -0.25) is 9.11 Å². The van der Waals surface area contributed by atoms with Crippen molar-refractivity contribution in [2.75, 3.05) is 12.3 Å². The van der Waals surface area contributed by atoms with Crippen molar-refractivity contribution in [1.29, 1.82) is 0 Å². The van der Waals surface area contributed by atoms with Gasteiger partial charge in [0.1, 0.15) is 0 Å². The highest BCUT2D eigenvalue weighted by Crippen LogP contribution is 2.51. The van der Waals surface area contributed by atoms with Crippen LogP contribution in [0.5, 0.6) is 0 Å². The first kappa shape index (κ1) is 19.4. The molecular weight excluding hydrogens is 403 g/mol. The van der Waals surface area contributed by atoms with E-state index in [0.717, 1.165) is 36.8 Å². The molecule has 1 saturated heterocycles. The van der Waals surface area contributed by atoms with Crippen LogP contribution in [0.2, 0.25) is 0 Å². The second-order valence-corrected chi connectivity index (χ2v) is 10.4. The van der Waals surface area contributed by atoms with Crippen LogP contribution in [0.4, 0.5) is 13.2 Å². The third kappa shape index (κ3) is 3.28. The van der Waals surface area contributed by atoms with Gasteiger partial charge in [0, 0.05) is 23.8 Å². The Bertz CT molecular complexity index is 957. The molecule has 158 valence electrons. The zero-order valence-corrected chi connectivity index (χ0v) is 16.8. The highest BCUT2D eigenvalue weighted by molar-refractivity contribution is 8.22. The quantitative estimate of drug-likeness (QED) is 0.735. The zero-order valence-electron chi connectivity index (χ0n) is 16.0. The summed E-state index contributed by atoms with van der Waals surface area (Å²) in [6, 6.07) is 5.76. The van der Waals surface area contributed by atoms with Gasteiger partial charge in [0.25, 0.3) is 0 Å². The van der Waals surface area contributed by atoms with Crippen molar-refractivity contribution in [2.24, 2.45) is 0 Å². The fourth-order valence-electron chi connectivity index (χ4n) is 5.06. The fourth-order valence-corrected chi connectivity index (χ4v) is 6.85. The summed E-state index contributed by atoms with van der Waals surface area (Å²) in [6.07, 6.45) is 0.395. The van der Waals surface area contributed by atoms with Gasteiger partial charge in [-0.1, -0.05) is 6.07 Å². The molecule has 0 unspecified atom stereocenters. The lowest BCUT2D eigenvalue weighted by atomic mass is 9.95. The van der Waals surface area contributed by atoms with Crippen LogP contribution in [0, 0.1) is 0 Å². The Kier molecular flexibility index (Phi) is 4.51. The van der Waals surface area contributed by atoms with Crippen LogP contribution in [-0.2, 0) is 31.9 Å². The number of hydrogen-bond acceptors (Lipinski definition) is 4. The Morgan fingerprint density at radius 2 is 1.79 bits per heavy atom. The molecule has 2 aromatic rings. The van der Waals surface area contributed by atoms with E-state index in [-0.39, 0.29) is 6.04 Å². The Morgan fingerprint density at radius 1 is 1.03 bits per heavy atom. The zero-order chi connectivity index (χ0) is 20.4. The molecule has 2 N–H and O–H groups in total. The number of nitrogens with zero attached hydrogens (tertiary/aromatic N) is 3. The molecule has 5 nitrogen and oxygen atoms in total. The molecule has 29 heavy (non-hydrogen) atoms. The van der Waals surface area contributed by atoms with Crippen LogP contribution in [0.3, 0.4) is 0 Å². The number of rotatable bonds is 2. The lowest BCUT2D eigenvalue weighted by Gasteiger charge is -2.40. The van der Waals surface area contributed by atoms with E-state index >= 15 is 0 Å². The van der Waals surface area contributed by atoms with Crippen LogP contribution in [0.1, 0.15) is 47.3 Å². The Hall–Kier alpha value is -1.55. The van der Waals surface area contributed by atoms with Gasteiger partial charge in [-0.15, -0.1) is 10.8 Å². The lowest BCUT2D eigenvalue weighted by Crippen LogP contribution is -2.34. The molecule has 0 amide bonds. The highest BCUT2D eigenvalue weighted by Gasteiger charge is 2.40. The number of halogens is 3. The molecule has 3 aliphatic rings. The Balaban J connectivity index is 1.49. The molecule has 1 fully saturated rings. The van der Waals surface area contributed by atoms with E-state index < -0.39 is 22.6 Å². The normalized spacial score (nSPS) is 25.1. The predicted octanol–water partition coefficient (Wildman–Crippen LogP) is 4.61. The predicted molar refractivity (Wildman–Crippen MR) is 105 cm³/mol. The minimum atomic E-state index is -4.45. The molecule has 9 heteroatoms. The minimum absolute atomic E-state index is 0.0324. The molecule has 0 radical (unpaired) electrons. The summed E-state index contributed by atoms with van der Waals surface area (Å²) in [7, 11) is -2.68. The third-order valence-electron chi connectivity index (χ3n) is 6.37. The van der Waals surface area contributed by atoms with Crippen molar-refractivity contribution < 1.29 is 22.3 Å². The summed E-state index contributed by atoms with van der Waals surface area (Å²) in [5.74, 6) is 0.421. The number of fused-ring (bicyclic) bond motifs is 2. The lowest BCUT2D eigenvalue weighted by molar-refractivity contribution is -0.142. The summed E-state index contributed by atoms with van der Waals surface area (Å²) in [5, 5.41) is 3.98. The second kappa shape index (κ2) is 6.73. The Labute approximate surface area is 169 Å². The van der Waals surface area contributed by atoms with Gasteiger partial charge >= 0.3 is 6.18 Å². The van der Waals surface area contributed by atoms with Crippen LogP contribution >= 0.6 is 10.8 Å². The van der Waals surface area contributed by atoms with E-state index in [9.17, 15) is 22.3 Å². The Morgan fingerprint density at radius 3 is 2.52 bits per heavy atom. The fraction of sp³-hybridized carbons (Fsp3) is 0.550. The SMILES string of the molecule is OS1(O)CCCN1[C@H]1Cc2ccc(-n3nc(C(F)(F)F)c4c3CCCC4)cc2C1. The summed E-state index contributed by atoms with van der Waals surface area (Å²) in [4.78, 5) is 0. The average molecular weight is 427 g/mol. The summed E-state index contributed by atoms with van der Waals surface area (Å²) < 4.78 is 64.4. The minimum Gasteiger partial charge on any atom is -0.285 e. The molecule has 0 spiro atoms. The monoisotopic (exact) mass is 427 g/mol. The van der Waals surface area contributed by atoms with Gasteiger partial charge in [-0.25, -0.2) is 8.99 Å². The molecule has 2 aliphatic carbocycles. The number of aromatic nitrogens is 2. The third-order valence-corrected chi connectivity index (χ3v) is 8.44. The van der Waals surface area contributed by atoms with E-state index in [1.165, 1.54) is 4.68 Å². The number of alkyl halides is 3. The second-order valence-electron chi connectivity index (χ2n) is 8.24. The molecule has 0 bridgehead atoms. The van der Waals surface area contributed by atoms with Crippen LogP contribution in [0.15, 0.2) is 18.2 Å². The smallest absolute Gasteiger partial charge is 0.285 e. The summed E-state index contributed by atoms with van der Waals surface area (Å²) in [6.45, 7) is 0.676. The van der Waals surface area contributed by atoms with E-state index in [1.54, 1.807) is 0 Å². The van der Waals surface area contributed by atoms with Crippen molar-refractivity contribution in [1.82, 2.24) is 14.1 Å². The van der Waals surface area contributed by atoms with Gasteiger partial charge in [-0.2, -0.15) is 18.3 Å². The number of benzene rings is 1. The molecule has 1 aromatic heterocycles. The van der Waals surface area contributed by atoms with Crippen molar-refractivity contribution >= 4 is 10.8 Å². The van der Waals surface area contributed by atoms with Gasteiger partial charge < -0.3 is 0 Å². The van der Waals surface area contributed by atoms with Crippen LogP contribution < -0.4 is 0 Å². The topological polar surface area (TPSA) is 61.5 Å². The molecule has 2 heterocycles. The average Bonchev–Trinajstić information content (AvgIpc) is 3.34. The first-order chi connectivity index (χ1) is 13.7. The number of hydrogen-bond donors (Lipinski definition) is 2. The van der Waals surface area contributed by atoms with E-state index in [1.807, 2.05) is 22.5 Å². The summed E-state index contributed by atoms with van der Waals surface area (Å²) >= 11 is 0. The van der Waals surface area contributed by atoms with Crippen molar-refractivity contribution in [2.45, 2.75) is 57.2 Å². The molecule has 5 rings (SSSR count). The largest absolute Gasteiger partial charge is 0.435 e. The van der Waals surface area contributed by atoms with Gasteiger partial charge in [0.2, 0.25) is 0 Å². The van der Waals surface area contributed by atoms with E-state index in [2.05, 4.69) is 5.10 Å². The first-order valence-corrected chi connectivity index (χ1v) is 11.7. The van der Waals surface area contributed by atoms with E-state index in [0.29, 0.717) is 48.5 Å². The summed E-state index contributed by atoms with van der Waals surface area (Å²) in [5.41, 5.74) is 3.10. The molecule has 1 atom stereocenters. The maximum Gasteiger partial charge on any atom is 0.435 e. The van der Waals surface area contributed by atoms with Gasteiger partial charge in [0.05, 0.1) is 11.4 Å². The first-order valence-electron chi connectivity index (χ1n) is 10.1. The van der Waals surface area contributed by atoms with Crippen molar-refractivity contribution in [3.8, 4) is 5.69 Å². The molecule has 1 aliphatic heterocycles. The molecular formula is C20H24F3N3O2S. The highest BCUT2D eigenvalue weighted by atomic mass is 32.3. The maximum atomic E-state index is 13.5. The van der Waals surface area contributed by atoms with Gasteiger partial charge in [-0.05, 0) is 68.2 Å². The standard InChI is InChI=1S/C20H24F3N3O2S/c21-20(22,23)19-17-4-1-2-5-18(17)26(24-19)15-7-6-13-10-16(12-14(13)11-15)25-8-3-9-29(25,27)28/h6-7,11,16,27-28H,1-5,8-10,12H2/t16-/m0/s1. The van der Waals surface area contributed by atoms with Crippen molar-refractivity contribution in [3.05, 3.63) is 46.3 Å². The van der Waals surface area contributed by atoms with Crippen molar-refractivity contribution in [3.63, 3.8) is 0 Å². The molecule has 0 saturated carbocycles. The van der Waals surface area contributed by atoms with Crippen LogP contribution in [0.25, 0.3) is 5.69 Å². The van der Waals surface area contributed by atoms with Gasteiger partial charge in [0.15, 0.2) is 5.69 Å².